The first kappa shape index (κ1) is 14.1. The van der Waals surface area contributed by atoms with Crippen LogP contribution in [0.5, 0.6) is 0 Å². The number of piperidine rings is 1. The van der Waals surface area contributed by atoms with E-state index in [-0.39, 0.29) is 10.9 Å². The van der Waals surface area contributed by atoms with E-state index < -0.39 is 10.0 Å². The first-order chi connectivity index (χ1) is 8.39. The quantitative estimate of drug-likeness (QED) is 0.910. The molecule has 1 aliphatic rings. The van der Waals surface area contributed by atoms with Crippen molar-refractivity contribution in [3.05, 3.63) is 28.2 Å². The molecule has 1 atom stereocenters. The molecule has 1 saturated heterocycles. The lowest BCUT2D eigenvalue weighted by Gasteiger charge is -2.29. The molecule has 1 heterocycles. The number of benzene rings is 1. The van der Waals surface area contributed by atoms with Gasteiger partial charge in [-0.15, -0.1) is 0 Å². The Kier molecular flexibility index (Phi) is 4.18. The summed E-state index contributed by atoms with van der Waals surface area (Å²) in [6.07, 6.45) is 1.62. The molecule has 4 nitrogen and oxygen atoms in total. The summed E-state index contributed by atoms with van der Waals surface area (Å²) in [5, 5.41) is 0.616. The van der Waals surface area contributed by atoms with Crippen LogP contribution in [0.3, 0.4) is 0 Å². The van der Waals surface area contributed by atoms with E-state index in [9.17, 15) is 8.42 Å². The van der Waals surface area contributed by atoms with E-state index in [2.05, 4.69) is 0 Å². The summed E-state index contributed by atoms with van der Waals surface area (Å²) in [7, 11) is -3.56. The van der Waals surface area contributed by atoms with E-state index in [1.54, 1.807) is 0 Å². The topological polar surface area (TPSA) is 63.4 Å². The van der Waals surface area contributed by atoms with Crippen molar-refractivity contribution >= 4 is 33.2 Å². The SMILES string of the molecule is N[C@@H]1CCCN(S(=O)(=O)c2cc(Cl)cc(Cl)c2)C1. The van der Waals surface area contributed by atoms with Gasteiger partial charge in [0.15, 0.2) is 0 Å². The molecule has 7 heteroatoms. The Labute approximate surface area is 117 Å². The monoisotopic (exact) mass is 308 g/mol. The average molecular weight is 309 g/mol. The van der Waals surface area contributed by atoms with Crippen LogP contribution in [0.2, 0.25) is 10.0 Å². The number of nitrogens with zero attached hydrogens (tertiary/aromatic N) is 1. The maximum Gasteiger partial charge on any atom is 0.243 e. The minimum absolute atomic E-state index is 0.108. The van der Waals surface area contributed by atoms with Crippen LogP contribution < -0.4 is 5.73 Å². The summed E-state index contributed by atoms with van der Waals surface area (Å²) < 4.78 is 26.2. The molecule has 0 unspecified atom stereocenters. The van der Waals surface area contributed by atoms with Gasteiger partial charge >= 0.3 is 0 Å². The van der Waals surface area contributed by atoms with E-state index >= 15 is 0 Å². The molecule has 1 aromatic carbocycles. The van der Waals surface area contributed by atoms with Gasteiger partial charge in [0, 0.05) is 29.2 Å². The van der Waals surface area contributed by atoms with Gasteiger partial charge in [0.05, 0.1) is 4.90 Å². The number of halogens is 2. The Morgan fingerprint density at radius 2 is 1.83 bits per heavy atom. The van der Waals surface area contributed by atoms with Crippen molar-refractivity contribution in [1.29, 1.82) is 0 Å². The van der Waals surface area contributed by atoms with Gasteiger partial charge in [0.1, 0.15) is 0 Å². The molecule has 1 aliphatic heterocycles. The maximum absolute atomic E-state index is 12.4. The molecule has 0 spiro atoms. The highest BCUT2D eigenvalue weighted by Crippen LogP contribution is 2.26. The standard InChI is InChI=1S/C11H14Cl2N2O2S/c12-8-4-9(13)6-11(5-8)18(16,17)15-3-1-2-10(14)7-15/h4-6,10H,1-3,7,14H2/t10-/m1/s1. The van der Waals surface area contributed by atoms with E-state index in [4.69, 9.17) is 28.9 Å². The third kappa shape index (κ3) is 2.97. The average Bonchev–Trinajstić information content (AvgIpc) is 2.27. The Morgan fingerprint density at radius 3 is 2.39 bits per heavy atom. The van der Waals surface area contributed by atoms with Crippen LogP contribution in [0.4, 0.5) is 0 Å². The Morgan fingerprint density at radius 1 is 1.22 bits per heavy atom. The summed E-state index contributed by atoms with van der Waals surface area (Å²) in [5.74, 6) is 0. The van der Waals surface area contributed by atoms with Crippen molar-refractivity contribution in [2.45, 2.75) is 23.8 Å². The lowest BCUT2D eigenvalue weighted by Crippen LogP contribution is -2.45. The second kappa shape index (κ2) is 5.35. The van der Waals surface area contributed by atoms with Gasteiger partial charge in [-0.1, -0.05) is 23.2 Å². The second-order valence-corrected chi connectivity index (χ2v) is 7.18. The number of hydrogen-bond acceptors (Lipinski definition) is 3. The zero-order valence-electron chi connectivity index (χ0n) is 9.64. The van der Waals surface area contributed by atoms with Gasteiger partial charge in [-0.2, -0.15) is 4.31 Å². The predicted molar refractivity (Wildman–Crippen MR) is 72.4 cm³/mol. The number of hydrogen-bond donors (Lipinski definition) is 1. The van der Waals surface area contributed by atoms with Gasteiger partial charge < -0.3 is 5.73 Å². The van der Waals surface area contributed by atoms with E-state index in [1.807, 2.05) is 0 Å². The van der Waals surface area contributed by atoms with Crippen molar-refractivity contribution in [3.63, 3.8) is 0 Å². The molecular formula is C11H14Cl2N2O2S. The second-order valence-electron chi connectivity index (χ2n) is 4.37. The van der Waals surface area contributed by atoms with Crippen LogP contribution in [0.15, 0.2) is 23.1 Å². The van der Waals surface area contributed by atoms with Crippen LogP contribution in [0, 0.1) is 0 Å². The van der Waals surface area contributed by atoms with Gasteiger partial charge in [0.2, 0.25) is 10.0 Å². The van der Waals surface area contributed by atoms with Gasteiger partial charge in [-0.05, 0) is 31.0 Å². The molecule has 1 aromatic rings. The molecule has 0 saturated carbocycles. The zero-order valence-corrected chi connectivity index (χ0v) is 12.0. The molecule has 0 bridgehead atoms. The van der Waals surface area contributed by atoms with Crippen molar-refractivity contribution in [2.75, 3.05) is 13.1 Å². The molecule has 2 N–H and O–H groups in total. The molecule has 0 radical (unpaired) electrons. The Bertz CT molecular complexity index is 528. The molecule has 0 amide bonds. The first-order valence-electron chi connectivity index (χ1n) is 5.61. The summed E-state index contributed by atoms with van der Waals surface area (Å²) >= 11 is 11.7. The molecule has 0 aliphatic carbocycles. The molecular weight excluding hydrogens is 295 g/mol. The van der Waals surface area contributed by atoms with Crippen LogP contribution in [-0.2, 0) is 10.0 Å². The van der Waals surface area contributed by atoms with Crippen molar-refractivity contribution in [2.24, 2.45) is 5.73 Å². The van der Waals surface area contributed by atoms with Crippen LogP contribution >= 0.6 is 23.2 Å². The number of nitrogens with two attached hydrogens (primary N) is 1. The third-order valence-electron chi connectivity index (χ3n) is 2.89. The van der Waals surface area contributed by atoms with Gasteiger partial charge in [-0.25, -0.2) is 8.42 Å². The van der Waals surface area contributed by atoms with Gasteiger partial charge in [-0.3, -0.25) is 0 Å². The van der Waals surface area contributed by atoms with Crippen LogP contribution in [0.1, 0.15) is 12.8 Å². The largest absolute Gasteiger partial charge is 0.327 e. The fourth-order valence-electron chi connectivity index (χ4n) is 2.02. The van der Waals surface area contributed by atoms with E-state index in [1.165, 1.54) is 22.5 Å². The maximum atomic E-state index is 12.4. The van der Waals surface area contributed by atoms with Crippen molar-refractivity contribution in [3.8, 4) is 0 Å². The molecule has 100 valence electrons. The molecule has 0 aromatic heterocycles. The summed E-state index contributed by atoms with van der Waals surface area (Å²) in [4.78, 5) is 0.120. The summed E-state index contributed by atoms with van der Waals surface area (Å²) in [6, 6.07) is 4.21. The minimum Gasteiger partial charge on any atom is -0.327 e. The highest BCUT2D eigenvalue weighted by atomic mass is 35.5. The highest BCUT2D eigenvalue weighted by molar-refractivity contribution is 7.89. The normalized spacial score (nSPS) is 22.1. The fourth-order valence-corrected chi connectivity index (χ4v) is 4.28. The van der Waals surface area contributed by atoms with Crippen LogP contribution in [0.25, 0.3) is 0 Å². The first-order valence-corrected chi connectivity index (χ1v) is 7.81. The lowest BCUT2D eigenvalue weighted by atomic mass is 10.1. The summed E-state index contributed by atoms with van der Waals surface area (Å²) in [6.45, 7) is 0.826. The van der Waals surface area contributed by atoms with Crippen LogP contribution in [-0.4, -0.2) is 31.9 Å². The van der Waals surface area contributed by atoms with Crippen molar-refractivity contribution in [1.82, 2.24) is 4.31 Å². The van der Waals surface area contributed by atoms with E-state index in [0.29, 0.717) is 23.1 Å². The van der Waals surface area contributed by atoms with Gasteiger partial charge in [0.25, 0.3) is 0 Å². The summed E-state index contributed by atoms with van der Waals surface area (Å²) in [5.41, 5.74) is 5.80. The Balaban J connectivity index is 2.35. The predicted octanol–water partition coefficient (Wildman–Crippen LogP) is 2.11. The molecule has 18 heavy (non-hydrogen) atoms. The fraction of sp³-hybridized carbons (Fsp3) is 0.455. The van der Waals surface area contributed by atoms with Crippen molar-refractivity contribution < 1.29 is 8.42 Å². The Hall–Kier alpha value is -0.330. The number of rotatable bonds is 2. The molecule has 2 rings (SSSR count). The molecule has 1 fully saturated rings. The lowest BCUT2D eigenvalue weighted by molar-refractivity contribution is 0.316. The highest BCUT2D eigenvalue weighted by Gasteiger charge is 2.29. The third-order valence-corrected chi connectivity index (χ3v) is 5.17. The zero-order chi connectivity index (χ0) is 13.3. The number of sulfonamides is 1. The minimum atomic E-state index is -3.56. The van der Waals surface area contributed by atoms with E-state index in [0.717, 1.165) is 12.8 Å². The smallest absolute Gasteiger partial charge is 0.243 e.